The van der Waals surface area contributed by atoms with Crippen LogP contribution in [0.5, 0.6) is 0 Å². The van der Waals surface area contributed by atoms with E-state index in [0.29, 0.717) is 11.1 Å². The second kappa shape index (κ2) is 6.33. The smallest absolute Gasteiger partial charge is 0.172 e. The molecule has 0 aliphatic carbocycles. The fourth-order valence-electron chi connectivity index (χ4n) is 2.78. The SMILES string of the molecule is CN(C)CC1CCCN1c1cc(Cl)ccc1C(N)=NO. The summed E-state index contributed by atoms with van der Waals surface area (Å²) in [6.07, 6.45) is 2.28. The van der Waals surface area contributed by atoms with Gasteiger partial charge >= 0.3 is 0 Å². The van der Waals surface area contributed by atoms with Crippen LogP contribution in [0.1, 0.15) is 18.4 Å². The first-order chi connectivity index (χ1) is 9.52. The molecule has 5 nitrogen and oxygen atoms in total. The Hall–Kier alpha value is -1.46. The minimum atomic E-state index is 0.118. The lowest BCUT2D eigenvalue weighted by atomic mass is 10.1. The van der Waals surface area contributed by atoms with Crippen LogP contribution in [0.25, 0.3) is 0 Å². The highest BCUT2D eigenvalue weighted by molar-refractivity contribution is 6.31. The molecular formula is C14H21ClN4O. The van der Waals surface area contributed by atoms with E-state index in [-0.39, 0.29) is 5.84 Å². The van der Waals surface area contributed by atoms with Crippen molar-refractivity contribution in [1.29, 1.82) is 0 Å². The van der Waals surface area contributed by atoms with E-state index in [4.69, 9.17) is 22.5 Å². The second-order valence-electron chi connectivity index (χ2n) is 5.40. The second-order valence-corrected chi connectivity index (χ2v) is 5.83. The third-order valence-electron chi connectivity index (χ3n) is 3.61. The summed E-state index contributed by atoms with van der Waals surface area (Å²) < 4.78 is 0. The standard InChI is InChI=1S/C14H21ClN4O/c1-18(2)9-11-4-3-7-19(11)13-8-10(15)5-6-12(13)14(16)17-20/h5-6,8,11,20H,3-4,7,9H2,1-2H3,(H2,16,17). The maximum Gasteiger partial charge on any atom is 0.172 e. The molecule has 0 amide bonds. The molecule has 0 bridgehead atoms. The first-order valence-corrected chi connectivity index (χ1v) is 7.09. The lowest BCUT2D eigenvalue weighted by molar-refractivity contribution is 0.318. The highest BCUT2D eigenvalue weighted by atomic mass is 35.5. The molecule has 1 fully saturated rings. The number of rotatable bonds is 4. The average Bonchev–Trinajstić information content (AvgIpc) is 2.85. The number of nitrogens with two attached hydrogens (primary N) is 1. The Kier molecular flexibility index (Phi) is 4.73. The molecule has 0 aromatic heterocycles. The quantitative estimate of drug-likeness (QED) is 0.386. The van der Waals surface area contributed by atoms with Crippen molar-refractivity contribution in [3.63, 3.8) is 0 Å². The maximum atomic E-state index is 8.94. The van der Waals surface area contributed by atoms with Crippen molar-refractivity contribution < 1.29 is 5.21 Å². The summed E-state index contributed by atoms with van der Waals surface area (Å²) in [7, 11) is 4.14. The van der Waals surface area contributed by atoms with Gasteiger partial charge < -0.3 is 20.7 Å². The number of oxime groups is 1. The van der Waals surface area contributed by atoms with E-state index in [0.717, 1.165) is 37.2 Å². The van der Waals surface area contributed by atoms with Gasteiger partial charge in [0.25, 0.3) is 0 Å². The van der Waals surface area contributed by atoms with Crippen molar-refractivity contribution in [2.75, 3.05) is 32.1 Å². The van der Waals surface area contributed by atoms with Gasteiger partial charge in [0.2, 0.25) is 0 Å². The number of anilines is 1. The molecular weight excluding hydrogens is 276 g/mol. The molecule has 0 saturated carbocycles. The number of nitrogens with zero attached hydrogens (tertiary/aromatic N) is 3. The fraction of sp³-hybridized carbons (Fsp3) is 0.500. The van der Waals surface area contributed by atoms with Gasteiger partial charge in [0.05, 0.1) is 0 Å². The lowest BCUT2D eigenvalue weighted by Gasteiger charge is -2.30. The van der Waals surface area contributed by atoms with Gasteiger partial charge in [-0.05, 0) is 45.1 Å². The van der Waals surface area contributed by atoms with E-state index in [1.54, 1.807) is 12.1 Å². The molecule has 0 radical (unpaired) electrons. The average molecular weight is 297 g/mol. The van der Waals surface area contributed by atoms with Gasteiger partial charge in [-0.15, -0.1) is 0 Å². The molecule has 0 spiro atoms. The number of hydrogen-bond acceptors (Lipinski definition) is 4. The van der Waals surface area contributed by atoms with E-state index in [1.807, 2.05) is 6.07 Å². The fourth-order valence-corrected chi connectivity index (χ4v) is 2.94. The molecule has 1 saturated heterocycles. The van der Waals surface area contributed by atoms with Gasteiger partial charge in [0.15, 0.2) is 5.84 Å². The largest absolute Gasteiger partial charge is 0.409 e. The third kappa shape index (κ3) is 3.16. The van der Waals surface area contributed by atoms with Crippen LogP contribution < -0.4 is 10.6 Å². The molecule has 1 heterocycles. The number of benzene rings is 1. The molecule has 1 unspecified atom stereocenters. The minimum Gasteiger partial charge on any atom is -0.409 e. The Morgan fingerprint density at radius 1 is 1.55 bits per heavy atom. The van der Waals surface area contributed by atoms with Gasteiger partial charge in [0, 0.05) is 35.4 Å². The normalized spacial score (nSPS) is 19.9. The van der Waals surface area contributed by atoms with Crippen molar-refractivity contribution in [2.24, 2.45) is 10.9 Å². The van der Waals surface area contributed by atoms with Crippen LogP contribution in [0.4, 0.5) is 5.69 Å². The number of likely N-dealkylation sites (N-methyl/N-ethyl adjacent to an activating group) is 1. The molecule has 20 heavy (non-hydrogen) atoms. The Bertz CT molecular complexity index is 504. The Morgan fingerprint density at radius 2 is 2.30 bits per heavy atom. The summed E-state index contributed by atoms with van der Waals surface area (Å²) in [4.78, 5) is 4.48. The van der Waals surface area contributed by atoms with Crippen molar-refractivity contribution in [1.82, 2.24) is 4.90 Å². The summed E-state index contributed by atoms with van der Waals surface area (Å²) in [5, 5.41) is 12.7. The number of halogens is 1. The summed E-state index contributed by atoms with van der Waals surface area (Å²) in [6.45, 7) is 1.94. The topological polar surface area (TPSA) is 65.1 Å². The third-order valence-corrected chi connectivity index (χ3v) is 3.84. The van der Waals surface area contributed by atoms with E-state index < -0.39 is 0 Å². The molecule has 3 N–H and O–H groups in total. The highest BCUT2D eigenvalue weighted by Gasteiger charge is 2.27. The van der Waals surface area contributed by atoms with Crippen LogP contribution in [0.2, 0.25) is 5.02 Å². The van der Waals surface area contributed by atoms with E-state index >= 15 is 0 Å². The van der Waals surface area contributed by atoms with Gasteiger partial charge in [-0.25, -0.2) is 0 Å². The lowest BCUT2D eigenvalue weighted by Crippen LogP contribution is -2.38. The summed E-state index contributed by atoms with van der Waals surface area (Å²) in [5.41, 5.74) is 7.45. The molecule has 1 atom stereocenters. The minimum absolute atomic E-state index is 0.118. The maximum absolute atomic E-state index is 8.94. The van der Waals surface area contributed by atoms with Crippen LogP contribution in [-0.2, 0) is 0 Å². The van der Waals surface area contributed by atoms with Crippen molar-refractivity contribution in [3.8, 4) is 0 Å². The van der Waals surface area contributed by atoms with Crippen molar-refractivity contribution >= 4 is 23.1 Å². The molecule has 110 valence electrons. The monoisotopic (exact) mass is 296 g/mol. The van der Waals surface area contributed by atoms with Crippen LogP contribution in [0.3, 0.4) is 0 Å². The first-order valence-electron chi connectivity index (χ1n) is 6.71. The zero-order valence-electron chi connectivity index (χ0n) is 11.9. The van der Waals surface area contributed by atoms with Crippen LogP contribution in [-0.4, -0.2) is 49.2 Å². The molecule has 1 aromatic carbocycles. The molecule has 1 aliphatic rings. The first kappa shape index (κ1) is 14.9. The summed E-state index contributed by atoms with van der Waals surface area (Å²) in [5.74, 6) is 0.118. The molecule has 6 heteroatoms. The van der Waals surface area contributed by atoms with Crippen molar-refractivity contribution in [3.05, 3.63) is 28.8 Å². The predicted molar refractivity (Wildman–Crippen MR) is 82.9 cm³/mol. The van der Waals surface area contributed by atoms with Gasteiger partial charge in [-0.2, -0.15) is 0 Å². The van der Waals surface area contributed by atoms with Crippen LogP contribution in [0, 0.1) is 0 Å². The Balaban J connectivity index is 2.37. The summed E-state index contributed by atoms with van der Waals surface area (Å²) in [6, 6.07) is 5.88. The zero-order valence-corrected chi connectivity index (χ0v) is 12.6. The Labute approximate surface area is 124 Å². The van der Waals surface area contributed by atoms with Crippen LogP contribution in [0.15, 0.2) is 23.4 Å². The zero-order chi connectivity index (χ0) is 14.7. The van der Waals surface area contributed by atoms with Crippen LogP contribution >= 0.6 is 11.6 Å². The van der Waals surface area contributed by atoms with Gasteiger partial charge in [0.1, 0.15) is 0 Å². The van der Waals surface area contributed by atoms with Crippen molar-refractivity contribution in [2.45, 2.75) is 18.9 Å². The number of amidine groups is 1. The van der Waals surface area contributed by atoms with E-state index in [2.05, 4.69) is 29.1 Å². The van der Waals surface area contributed by atoms with E-state index in [9.17, 15) is 0 Å². The Morgan fingerprint density at radius 3 is 2.95 bits per heavy atom. The molecule has 1 aromatic rings. The number of hydrogen-bond donors (Lipinski definition) is 2. The highest BCUT2D eigenvalue weighted by Crippen LogP contribution is 2.31. The van der Waals surface area contributed by atoms with Gasteiger partial charge in [-0.1, -0.05) is 16.8 Å². The molecule has 1 aliphatic heterocycles. The van der Waals surface area contributed by atoms with Gasteiger partial charge in [-0.3, -0.25) is 0 Å². The summed E-state index contributed by atoms with van der Waals surface area (Å²) >= 11 is 6.12. The predicted octanol–water partition coefficient (Wildman–Crippen LogP) is 1.96. The molecule has 2 rings (SSSR count). The van der Waals surface area contributed by atoms with E-state index in [1.165, 1.54) is 0 Å².